The molecule has 0 aliphatic heterocycles. The molecule has 0 radical (unpaired) electrons. The highest BCUT2D eigenvalue weighted by molar-refractivity contribution is 6.31. The molecule has 0 amide bonds. The summed E-state index contributed by atoms with van der Waals surface area (Å²) in [6, 6.07) is 12.5. The largest absolute Gasteiger partial charge is 0.354 e. The molecule has 3 nitrogen and oxygen atoms in total. The summed E-state index contributed by atoms with van der Waals surface area (Å²) in [5.74, 6) is -0.481. The number of nitrogens with zero attached hydrogens (tertiary/aromatic N) is 2. The molecule has 5 heteroatoms. The molecule has 1 N–H and O–H groups in total. The van der Waals surface area contributed by atoms with Gasteiger partial charge in [-0.25, -0.2) is 4.39 Å². The number of anilines is 2. The second kappa shape index (κ2) is 6.23. The van der Waals surface area contributed by atoms with Crippen LogP contribution in [0.25, 0.3) is 10.9 Å². The van der Waals surface area contributed by atoms with Gasteiger partial charge in [0.05, 0.1) is 21.8 Å². The lowest BCUT2D eigenvalue weighted by Crippen LogP contribution is -1.98. The minimum atomic E-state index is -0.481. The predicted octanol–water partition coefficient (Wildman–Crippen LogP) is 5.20. The molecule has 0 saturated carbocycles. The van der Waals surface area contributed by atoms with Gasteiger partial charge < -0.3 is 5.32 Å². The molecular weight excluding hydrogens is 313 g/mol. The van der Waals surface area contributed by atoms with Crippen molar-refractivity contribution in [3.05, 3.63) is 64.6 Å². The molecule has 3 rings (SSSR count). The molecule has 114 valence electrons. The molecule has 0 aliphatic carbocycles. The maximum absolute atomic E-state index is 13.3. The highest BCUT2D eigenvalue weighted by Gasteiger charge is 2.11. The highest BCUT2D eigenvalue weighted by Crippen LogP contribution is 2.31. The second-order valence-electron chi connectivity index (χ2n) is 5.12. The Kier molecular flexibility index (Phi) is 4.14. The average Bonchev–Trinajstić information content (AvgIpc) is 2.58. The van der Waals surface area contributed by atoms with Crippen molar-refractivity contribution in [2.24, 2.45) is 0 Å². The van der Waals surface area contributed by atoms with Gasteiger partial charge in [-0.2, -0.15) is 5.26 Å². The van der Waals surface area contributed by atoms with Crippen molar-refractivity contribution in [2.45, 2.75) is 13.3 Å². The van der Waals surface area contributed by atoms with E-state index in [0.717, 1.165) is 22.9 Å². The van der Waals surface area contributed by atoms with Crippen molar-refractivity contribution in [1.82, 2.24) is 4.98 Å². The van der Waals surface area contributed by atoms with Gasteiger partial charge in [0, 0.05) is 17.3 Å². The first kappa shape index (κ1) is 15.3. The first-order valence-corrected chi connectivity index (χ1v) is 7.54. The van der Waals surface area contributed by atoms with E-state index >= 15 is 0 Å². The molecule has 0 spiro atoms. The van der Waals surface area contributed by atoms with E-state index in [-0.39, 0.29) is 5.02 Å². The first-order chi connectivity index (χ1) is 11.1. The minimum absolute atomic E-state index is 0.0288. The number of fused-ring (bicyclic) bond motifs is 1. The van der Waals surface area contributed by atoms with Gasteiger partial charge in [0.2, 0.25) is 0 Å². The second-order valence-corrected chi connectivity index (χ2v) is 5.52. The van der Waals surface area contributed by atoms with Gasteiger partial charge in [-0.3, -0.25) is 4.98 Å². The van der Waals surface area contributed by atoms with Gasteiger partial charge in [0.1, 0.15) is 11.9 Å². The lowest BCUT2D eigenvalue weighted by Gasteiger charge is -2.12. The lowest BCUT2D eigenvalue weighted by molar-refractivity contribution is 0.628. The molecule has 1 aromatic heterocycles. The van der Waals surface area contributed by atoms with Crippen LogP contribution >= 0.6 is 11.6 Å². The fourth-order valence-corrected chi connectivity index (χ4v) is 2.58. The molecule has 0 unspecified atom stereocenters. The number of aryl methyl sites for hydroxylation is 1. The van der Waals surface area contributed by atoms with E-state index in [9.17, 15) is 9.65 Å². The fourth-order valence-electron chi connectivity index (χ4n) is 2.40. The predicted molar refractivity (Wildman–Crippen MR) is 90.5 cm³/mol. The van der Waals surface area contributed by atoms with Crippen LogP contribution in [0.3, 0.4) is 0 Å². The van der Waals surface area contributed by atoms with Gasteiger partial charge >= 0.3 is 0 Å². The number of hydrogen-bond acceptors (Lipinski definition) is 3. The van der Waals surface area contributed by atoms with Crippen molar-refractivity contribution in [3.63, 3.8) is 0 Å². The Bertz CT molecular complexity index is 931. The molecule has 1 heterocycles. The van der Waals surface area contributed by atoms with Crippen molar-refractivity contribution in [1.29, 1.82) is 5.26 Å². The standard InChI is InChI=1S/C18H13ClFN3/c1-2-11-3-6-17-14(7-11)18(12(9-21)10-22-17)23-13-4-5-16(20)15(19)8-13/h3-8,10H,2H2,1H3,(H,22,23). The summed E-state index contributed by atoms with van der Waals surface area (Å²) < 4.78 is 13.3. The maximum Gasteiger partial charge on any atom is 0.141 e. The third-order valence-electron chi connectivity index (χ3n) is 3.65. The number of rotatable bonds is 3. The summed E-state index contributed by atoms with van der Waals surface area (Å²) in [6.45, 7) is 2.07. The highest BCUT2D eigenvalue weighted by atomic mass is 35.5. The number of aromatic nitrogens is 1. The van der Waals surface area contributed by atoms with Crippen molar-refractivity contribution in [3.8, 4) is 6.07 Å². The van der Waals surface area contributed by atoms with E-state index in [0.29, 0.717) is 16.9 Å². The molecule has 0 fully saturated rings. The number of halogens is 2. The van der Waals surface area contributed by atoms with Gasteiger partial charge in [-0.1, -0.05) is 24.6 Å². The quantitative estimate of drug-likeness (QED) is 0.719. The van der Waals surface area contributed by atoms with Crippen LogP contribution in [-0.4, -0.2) is 4.98 Å². The number of nitrogens with one attached hydrogen (secondary N) is 1. The Hall–Kier alpha value is -2.64. The van der Waals surface area contributed by atoms with E-state index in [1.54, 1.807) is 6.07 Å². The molecule has 0 saturated heterocycles. The topological polar surface area (TPSA) is 48.7 Å². The molecule has 0 atom stereocenters. The smallest absolute Gasteiger partial charge is 0.141 e. The van der Waals surface area contributed by atoms with Gasteiger partial charge in [-0.05, 0) is 42.3 Å². The molecule has 23 heavy (non-hydrogen) atoms. The monoisotopic (exact) mass is 325 g/mol. The number of hydrogen-bond donors (Lipinski definition) is 1. The lowest BCUT2D eigenvalue weighted by atomic mass is 10.1. The summed E-state index contributed by atoms with van der Waals surface area (Å²) in [7, 11) is 0. The Morgan fingerprint density at radius 1 is 1.26 bits per heavy atom. The Labute approximate surface area is 138 Å². The number of pyridine rings is 1. The summed E-state index contributed by atoms with van der Waals surface area (Å²) in [5, 5.41) is 13.4. The van der Waals surface area contributed by atoms with Crippen molar-refractivity contribution < 1.29 is 4.39 Å². The zero-order valence-electron chi connectivity index (χ0n) is 12.4. The Morgan fingerprint density at radius 3 is 2.78 bits per heavy atom. The van der Waals surface area contributed by atoms with Crippen LogP contribution in [-0.2, 0) is 6.42 Å². The van der Waals surface area contributed by atoms with Crippen LogP contribution in [0.2, 0.25) is 5.02 Å². The van der Waals surface area contributed by atoms with Gasteiger partial charge in [0.15, 0.2) is 0 Å². The van der Waals surface area contributed by atoms with Crippen LogP contribution in [0.5, 0.6) is 0 Å². The Morgan fingerprint density at radius 2 is 2.09 bits per heavy atom. The van der Waals surface area contributed by atoms with E-state index in [1.165, 1.54) is 18.3 Å². The molecule has 0 bridgehead atoms. The van der Waals surface area contributed by atoms with Crippen molar-refractivity contribution in [2.75, 3.05) is 5.32 Å². The van der Waals surface area contributed by atoms with Gasteiger partial charge in [0.25, 0.3) is 0 Å². The molecule has 2 aromatic carbocycles. The van der Waals surface area contributed by atoms with Crippen LogP contribution < -0.4 is 5.32 Å². The summed E-state index contributed by atoms with van der Waals surface area (Å²) in [6.07, 6.45) is 2.41. The van der Waals surface area contributed by atoms with Crippen LogP contribution in [0.4, 0.5) is 15.8 Å². The van der Waals surface area contributed by atoms with Gasteiger partial charge in [-0.15, -0.1) is 0 Å². The van der Waals surface area contributed by atoms with Crippen LogP contribution in [0, 0.1) is 17.1 Å². The number of nitriles is 1. The fraction of sp³-hybridized carbons (Fsp3) is 0.111. The zero-order chi connectivity index (χ0) is 16.4. The SMILES string of the molecule is CCc1ccc2ncc(C#N)c(Nc3ccc(F)c(Cl)c3)c2c1. The minimum Gasteiger partial charge on any atom is -0.354 e. The van der Waals surface area contributed by atoms with Crippen LogP contribution in [0.15, 0.2) is 42.6 Å². The van der Waals surface area contributed by atoms with E-state index in [1.807, 2.05) is 18.2 Å². The van der Waals surface area contributed by atoms with Crippen LogP contribution in [0.1, 0.15) is 18.1 Å². The third-order valence-corrected chi connectivity index (χ3v) is 3.94. The molecule has 0 aliphatic rings. The normalized spacial score (nSPS) is 10.5. The summed E-state index contributed by atoms with van der Waals surface area (Å²) in [4.78, 5) is 4.31. The Balaban J connectivity index is 2.17. The molecular formula is C18H13ClFN3. The van der Waals surface area contributed by atoms with Crippen molar-refractivity contribution >= 4 is 33.9 Å². The van der Waals surface area contributed by atoms with E-state index < -0.39 is 5.82 Å². The maximum atomic E-state index is 13.3. The molecule has 3 aromatic rings. The zero-order valence-corrected chi connectivity index (χ0v) is 13.2. The average molecular weight is 326 g/mol. The first-order valence-electron chi connectivity index (χ1n) is 7.16. The summed E-state index contributed by atoms with van der Waals surface area (Å²) in [5.41, 5.74) is 3.62. The third kappa shape index (κ3) is 2.96. The number of benzene rings is 2. The van der Waals surface area contributed by atoms with E-state index in [2.05, 4.69) is 23.3 Å². The van der Waals surface area contributed by atoms with E-state index in [4.69, 9.17) is 11.6 Å². The summed E-state index contributed by atoms with van der Waals surface area (Å²) >= 11 is 5.83.